The van der Waals surface area contributed by atoms with E-state index in [4.69, 9.17) is 33.2 Å². The van der Waals surface area contributed by atoms with Crippen LogP contribution in [-0.2, 0) is 14.2 Å². The van der Waals surface area contributed by atoms with E-state index >= 15 is 0 Å². The molecule has 2 aliphatic heterocycles. The van der Waals surface area contributed by atoms with Gasteiger partial charge in [0.25, 0.3) is 0 Å². The third kappa shape index (κ3) is 5.11. The Balaban J connectivity index is 1.74. The quantitative estimate of drug-likeness (QED) is 0.216. The van der Waals surface area contributed by atoms with Crippen molar-refractivity contribution in [3.05, 3.63) is 12.1 Å². The summed E-state index contributed by atoms with van der Waals surface area (Å²) in [5.41, 5.74) is -1.89. The van der Waals surface area contributed by atoms with Crippen LogP contribution in [0.15, 0.2) is 12.1 Å². The molecular formula is C20H30O13. The number of hydrogen-bond acceptors (Lipinski definition) is 13. The summed E-state index contributed by atoms with van der Waals surface area (Å²) < 4.78 is 37.6. The number of benzene rings is 1. The molecule has 2 saturated heterocycles. The van der Waals surface area contributed by atoms with Crippen molar-refractivity contribution in [2.45, 2.75) is 48.7 Å². The minimum absolute atomic E-state index is 0.0515. The van der Waals surface area contributed by atoms with Crippen LogP contribution in [-0.4, -0.2) is 120 Å². The van der Waals surface area contributed by atoms with Gasteiger partial charge in [0.1, 0.15) is 41.9 Å². The third-order valence-corrected chi connectivity index (χ3v) is 5.58. The molecular weight excluding hydrogens is 448 g/mol. The van der Waals surface area contributed by atoms with Gasteiger partial charge in [-0.1, -0.05) is 0 Å². The maximum atomic E-state index is 10.4. The van der Waals surface area contributed by atoms with Gasteiger partial charge in [0.15, 0.2) is 17.8 Å². The van der Waals surface area contributed by atoms with Crippen molar-refractivity contribution in [1.82, 2.24) is 0 Å². The molecule has 0 bridgehead atoms. The zero-order valence-electron chi connectivity index (χ0n) is 18.4. The SMILES string of the molecule is COc1cc(OC)c(O[C@H]2O[C@H](CO[C@H]3OC[C@](O)(CO)[C@H]3O)[C@@H](O)[C@H](O)[C@H]2O)c(OC)c1. The lowest BCUT2D eigenvalue weighted by atomic mass is 9.99. The highest BCUT2D eigenvalue weighted by Crippen LogP contribution is 2.42. The van der Waals surface area contributed by atoms with Gasteiger partial charge in [0.2, 0.25) is 12.0 Å². The maximum Gasteiger partial charge on any atom is 0.229 e. The predicted octanol–water partition coefficient (Wildman–Crippen LogP) is -2.64. The Bertz CT molecular complexity index is 766. The lowest BCUT2D eigenvalue weighted by molar-refractivity contribution is -0.289. The van der Waals surface area contributed by atoms with Gasteiger partial charge in [-0.3, -0.25) is 0 Å². The highest BCUT2D eigenvalue weighted by Gasteiger charge is 2.50. The van der Waals surface area contributed by atoms with Gasteiger partial charge in [-0.05, 0) is 0 Å². The van der Waals surface area contributed by atoms with Gasteiger partial charge in [0, 0.05) is 12.1 Å². The van der Waals surface area contributed by atoms with E-state index in [1.165, 1.54) is 33.5 Å². The first-order chi connectivity index (χ1) is 15.7. The van der Waals surface area contributed by atoms with Crippen molar-refractivity contribution >= 4 is 0 Å². The van der Waals surface area contributed by atoms with Gasteiger partial charge in [-0.15, -0.1) is 0 Å². The summed E-state index contributed by atoms with van der Waals surface area (Å²) in [6.45, 7) is -1.53. The largest absolute Gasteiger partial charge is 0.496 e. The molecule has 2 heterocycles. The minimum Gasteiger partial charge on any atom is -0.496 e. The Morgan fingerprint density at radius 1 is 0.939 bits per heavy atom. The van der Waals surface area contributed by atoms with Gasteiger partial charge in [-0.25, -0.2) is 0 Å². The Hall–Kier alpha value is -1.94. The summed E-state index contributed by atoms with van der Waals surface area (Å²) in [7, 11) is 4.22. The Kier molecular flexibility index (Phi) is 8.21. The smallest absolute Gasteiger partial charge is 0.229 e. The first-order valence-corrected chi connectivity index (χ1v) is 10.1. The van der Waals surface area contributed by atoms with Crippen molar-refractivity contribution in [2.75, 3.05) is 41.2 Å². The molecule has 188 valence electrons. The fourth-order valence-corrected chi connectivity index (χ4v) is 3.48. The van der Waals surface area contributed by atoms with Crippen molar-refractivity contribution in [3.63, 3.8) is 0 Å². The zero-order chi connectivity index (χ0) is 24.3. The fourth-order valence-electron chi connectivity index (χ4n) is 3.48. The maximum absolute atomic E-state index is 10.4. The second-order valence-corrected chi connectivity index (χ2v) is 7.71. The van der Waals surface area contributed by atoms with Crippen molar-refractivity contribution in [1.29, 1.82) is 0 Å². The van der Waals surface area contributed by atoms with E-state index in [0.717, 1.165) is 0 Å². The molecule has 0 aliphatic carbocycles. The molecule has 1 aromatic rings. The van der Waals surface area contributed by atoms with Crippen molar-refractivity contribution in [2.24, 2.45) is 0 Å². The number of hydrogen-bond donors (Lipinski definition) is 6. The van der Waals surface area contributed by atoms with Crippen LogP contribution < -0.4 is 18.9 Å². The van der Waals surface area contributed by atoms with Crippen LogP contribution in [0.2, 0.25) is 0 Å². The average molecular weight is 478 g/mol. The molecule has 6 N–H and O–H groups in total. The first-order valence-electron chi connectivity index (χ1n) is 10.1. The van der Waals surface area contributed by atoms with Crippen LogP contribution >= 0.6 is 0 Å². The monoisotopic (exact) mass is 478 g/mol. The number of rotatable bonds is 9. The van der Waals surface area contributed by atoms with E-state index in [1.54, 1.807) is 0 Å². The van der Waals surface area contributed by atoms with Crippen LogP contribution in [0.25, 0.3) is 0 Å². The van der Waals surface area contributed by atoms with E-state index in [9.17, 15) is 30.6 Å². The summed E-state index contributed by atoms with van der Waals surface area (Å²) in [6, 6.07) is 3.03. The summed E-state index contributed by atoms with van der Waals surface area (Å²) >= 11 is 0. The molecule has 2 fully saturated rings. The molecule has 0 unspecified atom stereocenters. The molecule has 0 radical (unpaired) electrons. The molecule has 8 atom stereocenters. The minimum atomic E-state index is -1.89. The standard InChI is InChI=1S/C20H30O13/c1-27-9-4-10(28-2)16(11(5-9)29-3)33-18-15(24)14(23)13(22)12(32-18)6-30-19-17(25)20(26,7-21)8-31-19/h4-5,12-15,17-19,21-26H,6-8H2,1-3H3/t12-,13-,14+,15-,17+,18-,19+,20-/m1/s1. The Morgan fingerprint density at radius 2 is 1.58 bits per heavy atom. The van der Waals surface area contributed by atoms with E-state index in [-0.39, 0.29) is 23.9 Å². The zero-order valence-corrected chi connectivity index (χ0v) is 18.4. The van der Waals surface area contributed by atoms with E-state index < -0.39 is 61.9 Å². The number of ether oxygens (including phenoxy) is 7. The predicted molar refractivity (Wildman–Crippen MR) is 107 cm³/mol. The van der Waals surface area contributed by atoms with Gasteiger partial charge >= 0.3 is 0 Å². The van der Waals surface area contributed by atoms with E-state index in [2.05, 4.69) is 0 Å². The van der Waals surface area contributed by atoms with Crippen molar-refractivity contribution in [3.8, 4) is 23.0 Å². The number of methoxy groups -OCH3 is 3. The second kappa shape index (κ2) is 10.5. The lowest BCUT2D eigenvalue weighted by Crippen LogP contribution is -2.60. The Labute approximate surface area is 189 Å². The molecule has 0 amide bonds. The van der Waals surface area contributed by atoms with Crippen LogP contribution in [0, 0.1) is 0 Å². The van der Waals surface area contributed by atoms with Crippen LogP contribution in [0.4, 0.5) is 0 Å². The summed E-state index contributed by atoms with van der Waals surface area (Å²) in [4.78, 5) is 0. The van der Waals surface area contributed by atoms with E-state index in [1.807, 2.05) is 0 Å². The normalized spacial score (nSPS) is 36.5. The molecule has 3 rings (SSSR count). The van der Waals surface area contributed by atoms with Crippen molar-refractivity contribution < 1.29 is 63.8 Å². The fraction of sp³-hybridized carbons (Fsp3) is 0.700. The summed E-state index contributed by atoms with van der Waals surface area (Å²) in [5.74, 6) is 0.860. The van der Waals surface area contributed by atoms with Gasteiger partial charge in [0.05, 0.1) is 41.2 Å². The number of aliphatic hydroxyl groups excluding tert-OH is 5. The molecule has 0 saturated carbocycles. The average Bonchev–Trinajstić information content (AvgIpc) is 3.12. The highest BCUT2D eigenvalue weighted by atomic mass is 16.7. The molecule has 33 heavy (non-hydrogen) atoms. The third-order valence-electron chi connectivity index (χ3n) is 5.58. The first kappa shape index (κ1) is 25.7. The molecule has 13 nitrogen and oxygen atoms in total. The van der Waals surface area contributed by atoms with Gasteiger partial charge < -0.3 is 63.8 Å². The molecule has 0 spiro atoms. The van der Waals surface area contributed by atoms with E-state index in [0.29, 0.717) is 5.75 Å². The highest BCUT2D eigenvalue weighted by molar-refractivity contribution is 5.56. The van der Waals surface area contributed by atoms with Crippen LogP contribution in [0.5, 0.6) is 23.0 Å². The molecule has 0 aromatic heterocycles. The molecule has 2 aliphatic rings. The lowest BCUT2D eigenvalue weighted by Gasteiger charge is -2.40. The second-order valence-electron chi connectivity index (χ2n) is 7.71. The Morgan fingerprint density at radius 3 is 2.09 bits per heavy atom. The number of aliphatic hydroxyl groups is 6. The topological polar surface area (TPSA) is 186 Å². The molecule has 1 aromatic carbocycles. The van der Waals surface area contributed by atoms with Gasteiger partial charge in [-0.2, -0.15) is 0 Å². The van der Waals surface area contributed by atoms with Crippen LogP contribution in [0.1, 0.15) is 0 Å². The summed E-state index contributed by atoms with van der Waals surface area (Å²) in [6.07, 6.45) is -10.5. The molecule has 13 heteroatoms. The summed E-state index contributed by atoms with van der Waals surface area (Å²) in [5, 5.41) is 60.4. The van der Waals surface area contributed by atoms with Crippen LogP contribution in [0.3, 0.4) is 0 Å².